The number of epoxide rings is 1. The summed E-state index contributed by atoms with van der Waals surface area (Å²) in [6, 6.07) is 8.83. The quantitative estimate of drug-likeness (QED) is 0.438. The summed E-state index contributed by atoms with van der Waals surface area (Å²) in [4.78, 5) is 11.5. The van der Waals surface area contributed by atoms with Gasteiger partial charge in [0.05, 0.1) is 5.56 Å². The molecule has 0 aliphatic carbocycles. The Morgan fingerprint density at radius 2 is 2.25 bits per heavy atom. The van der Waals surface area contributed by atoms with E-state index in [-0.39, 0.29) is 18.7 Å². The van der Waals surface area contributed by atoms with E-state index in [2.05, 4.69) is 5.92 Å². The Hall–Kier alpha value is -1.79. The maximum Gasteiger partial charge on any atom is 0.338 e. The van der Waals surface area contributed by atoms with Gasteiger partial charge in [0.2, 0.25) is 0 Å². The van der Waals surface area contributed by atoms with Crippen molar-refractivity contribution in [3.05, 3.63) is 35.9 Å². The van der Waals surface area contributed by atoms with Gasteiger partial charge in [0.15, 0.2) is 5.60 Å². The van der Waals surface area contributed by atoms with Gasteiger partial charge in [-0.25, -0.2) is 4.79 Å². The minimum Gasteiger partial charge on any atom is -0.459 e. The van der Waals surface area contributed by atoms with Crippen LogP contribution in [0.1, 0.15) is 17.3 Å². The largest absolute Gasteiger partial charge is 0.459 e. The van der Waals surface area contributed by atoms with E-state index in [1.54, 1.807) is 31.2 Å². The number of esters is 1. The molecule has 1 saturated heterocycles. The minimum absolute atomic E-state index is 0.176. The standard InChI is InChI=1S/C13H12O3/c1-3-13(2)11(16-13)9-15-12(14)10-7-5-4-6-8-10/h1,4-8,11H,9H2,2H3/t11-,13+/m0/s1. The first-order valence-corrected chi connectivity index (χ1v) is 5.03. The highest BCUT2D eigenvalue weighted by molar-refractivity contribution is 5.89. The molecule has 0 spiro atoms. The van der Waals surface area contributed by atoms with Crippen molar-refractivity contribution < 1.29 is 14.3 Å². The highest BCUT2D eigenvalue weighted by Crippen LogP contribution is 2.35. The third-order valence-electron chi connectivity index (χ3n) is 2.61. The number of terminal acetylenes is 1. The van der Waals surface area contributed by atoms with Crippen LogP contribution in [-0.2, 0) is 9.47 Å². The fraction of sp³-hybridized carbons (Fsp3) is 0.308. The average Bonchev–Trinajstić information content (AvgIpc) is 2.99. The molecule has 2 rings (SSSR count). The lowest BCUT2D eigenvalue weighted by Crippen LogP contribution is -2.15. The van der Waals surface area contributed by atoms with Gasteiger partial charge >= 0.3 is 5.97 Å². The molecule has 1 aromatic rings. The van der Waals surface area contributed by atoms with Crippen LogP contribution in [0.3, 0.4) is 0 Å². The fourth-order valence-corrected chi connectivity index (χ4v) is 1.39. The van der Waals surface area contributed by atoms with E-state index in [4.69, 9.17) is 15.9 Å². The number of carbonyl (C=O) groups is 1. The molecule has 0 N–H and O–H groups in total. The highest BCUT2D eigenvalue weighted by Gasteiger charge is 2.51. The summed E-state index contributed by atoms with van der Waals surface area (Å²) in [6.07, 6.45) is 5.08. The summed E-state index contributed by atoms with van der Waals surface area (Å²) in [6.45, 7) is 2.00. The monoisotopic (exact) mass is 216 g/mol. The van der Waals surface area contributed by atoms with E-state index in [0.717, 1.165) is 0 Å². The molecule has 1 heterocycles. The van der Waals surface area contributed by atoms with E-state index in [1.807, 2.05) is 6.07 Å². The van der Waals surface area contributed by atoms with E-state index >= 15 is 0 Å². The highest BCUT2D eigenvalue weighted by atomic mass is 16.6. The molecule has 3 nitrogen and oxygen atoms in total. The molecule has 1 aromatic carbocycles. The second-order valence-electron chi connectivity index (χ2n) is 3.82. The Labute approximate surface area is 94.4 Å². The van der Waals surface area contributed by atoms with Gasteiger partial charge < -0.3 is 9.47 Å². The van der Waals surface area contributed by atoms with Gasteiger partial charge in [-0.05, 0) is 19.1 Å². The number of hydrogen-bond donors (Lipinski definition) is 0. The first kappa shape index (κ1) is 10.7. The normalized spacial score (nSPS) is 26.9. The van der Waals surface area contributed by atoms with Crippen LogP contribution in [0.5, 0.6) is 0 Å². The molecule has 16 heavy (non-hydrogen) atoms. The molecule has 0 saturated carbocycles. The lowest BCUT2D eigenvalue weighted by atomic mass is 10.1. The molecule has 0 aromatic heterocycles. The van der Waals surface area contributed by atoms with Gasteiger partial charge in [-0.15, -0.1) is 6.42 Å². The van der Waals surface area contributed by atoms with Crippen LogP contribution in [0, 0.1) is 12.3 Å². The zero-order valence-corrected chi connectivity index (χ0v) is 8.97. The second kappa shape index (κ2) is 3.99. The van der Waals surface area contributed by atoms with Gasteiger partial charge in [0, 0.05) is 0 Å². The van der Waals surface area contributed by atoms with Crippen LogP contribution < -0.4 is 0 Å². The molecule has 1 aliphatic rings. The summed E-state index contributed by atoms with van der Waals surface area (Å²) in [5, 5.41) is 0. The SMILES string of the molecule is C#C[C@@]1(C)O[C@H]1COC(=O)c1ccccc1. The molecule has 1 fully saturated rings. The van der Waals surface area contributed by atoms with Crippen LogP contribution in [0.15, 0.2) is 30.3 Å². The predicted molar refractivity (Wildman–Crippen MR) is 58.8 cm³/mol. The van der Waals surface area contributed by atoms with Gasteiger partial charge in [0.25, 0.3) is 0 Å². The van der Waals surface area contributed by atoms with Crippen molar-refractivity contribution in [1.82, 2.24) is 0 Å². The number of benzene rings is 1. The molecule has 0 amide bonds. The fourth-order valence-electron chi connectivity index (χ4n) is 1.39. The smallest absolute Gasteiger partial charge is 0.338 e. The maximum absolute atomic E-state index is 11.5. The van der Waals surface area contributed by atoms with Crippen molar-refractivity contribution in [2.75, 3.05) is 6.61 Å². The van der Waals surface area contributed by atoms with Gasteiger partial charge in [-0.2, -0.15) is 0 Å². The lowest BCUT2D eigenvalue weighted by molar-refractivity contribution is 0.0476. The summed E-state index contributed by atoms with van der Waals surface area (Å²) < 4.78 is 10.3. The average molecular weight is 216 g/mol. The van der Waals surface area contributed by atoms with Crippen LogP contribution in [-0.4, -0.2) is 24.3 Å². The van der Waals surface area contributed by atoms with Gasteiger partial charge in [0.1, 0.15) is 12.7 Å². The topological polar surface area (TPSA) is 38.8 Å². The Kier molecular flexibility index (Phi) is 2.67. The molecule has 0 radical (unpaired) electrons. The van der Waals surface area contributed by atoms with Crippen LogP contribution in [0.25, 0.3) is 0 Å². The van der Waals surface area contributed by atoms with Crippen LogP contribution in [0.2, 0.25) is 0 Å². The molecular weight excluding hydrogens is 204 g/mol. The number of rotatable bonds is 3. The van der Waals surface area contributed by atoms with E-state index in [0.29, 0.717) is 5.56 Å². The van der Waals surface area contributed by atoms with Crippen LogP contribution in [0.4, 0.5) is 0 Å². The van der Waals surface area contributed by atoms with Crippen molar-refractivity contribution in [2.24, 2.45) is 0 Å². The van der Waals surface area contributed by atoms with Crippen molar-refractivity contribution in [2.45, 2.75) is 18.6 Å². The molecular formula is C13H12O3. The van der Waals surface area contributed by atoms with E-state index in [1.165, 1.54) is 0 Å². The van der Waals surface area contributed by atoms with Crippen molar-refractivity contribution in [3.63, 3.8) is 0 Å². The van der Waals surface area contributed by atoms with Crippen molar-refractivity contribution in [3.8, 4) is 12.3 Å². The first-order valence-electron chi connectivity index (χ1n) is 5.03. The molecule has 82 valence electrons. The van der Waals surface area contributed by atoms with Gasteiger partial charge in [-0.1, -0.05) is 24.1 Å². The minimum atomic E-state index is -0.559. The number of hydrogen-bond acceptors (Lipinski definition) is 3. The number of carbonyl (C=O) groups excluding carboxylic acids is 1. The first-order chi connectivity index (χ1) is 7.65. The summed E-state index contributed by atoms with van der Waals surface area (Å²) in [7, 11) is 0. The summed E-state index contributed by atoms with van der Waals surface area (Å²) in [5.41, 5.74) is -0.0256. The zero-order chi connectivity index (χ0) is 11.6. The Bertz CT molecular complexity index is 432. The third kappa shape index (κ3) is 2.07. The zero-order valence-electron chi connectivity index (χ0n) is 8.97. The molecule has 0 unspecified atom stereocenters. The summed E-state index contributed by atoms with van der Waals surface area (Å²) in [5.74, 6) is 2.16. The van der Waals surface area contributed by atoms with Crippen LogP contribution >= 0.6 is 0 Å². The molecule has 3 heteroatoms. The Balaban J connectivity index is 1.85. The predicted octanol–water partition coefficient (Wildman–Crippen LogP) is 1.63. The second-order valence-corrected chi connectivity index (χ2v) is 3.82. The van der Waals surface area contributed by atoms with Gasteiger partial charge in [-0.3, -0.25) is 0 Å². The number of ether oxygens (including phenoxy) is 2. The molecule has 2 atom stereocenters. The third-order valence-corrected chi connectivity index (χ3v) is 2.61. The molecule has 1 aliphatic heterocycles. The van der Waals surface area contributed by atoms with E-state index in [9.17, 15) is 4.79 Å². The maximum atomic E-state index is 11.5. The van der Waals surface area contributed by atoms with E-state index < -0.39 is 5.60 Å². The Morgan fingerprint density at radius 3 is 2.81 bits per heavy atom. The summed E-state index contributed by atoms with van der Waals surface area (Å²) >= 11 is 0. The lowest BCUT2D eigenvalue weighted by Gasteiger charge is -2.02. The van der Waals surface area contributed by atoms with Crippen molar-refractivity contribution >= 4 is 5.97 Å². The molecule has 0 bridgehead atoms. The van der Waals surface area contributed by atoms with Crippen molar-refractivity contribution in [1.29, 1.82) is 0 Å². The Morgan fingerprint density at radius 1 is 1.56 bits per heavy atom.